The van der Waals surface area contributed by atoms with Crippen LogP contribution >= 0.6 is 15.9 Å². The van der Waals surface area contributed by atoms with Crippen LogP contribution in [-0.4, -0.2) is 4.83 Å². The molecule has 1 fully saturated rings. The van der Waals surface area contributed by atoms with Gasteiger partial charge in [0.15, 0.2) is 0 Å². The lowest BCUT2D eigenvalue weighted by Gasteiger charge is -2.28. The normalized spacial score (nSPS) is 25.0. The van der Waals surface area contributed by atoms with Gasteiger partial charge in [0.2, 0.25) is 0 Å². The molecule has 2 aromatic carbocycles. The van der Waals surface area contributed by atoms with E-state index in [1.165, 1.54) is 42.0 Å². The summed E-state index contributed by atoms with van der Waals surface area (Å²) in [5.41, 5.74) is 1.53. The molecule has 3 rings (SSSR count). The third-order valence-corrected chi connectivity index (χ3v) is 5.00. The second-order valence-corrected chi connectivity index (χ2v) is 6.15. The Kier molecular flexibility index (Phi) is 3.19. The first-order chi connectivity index (χ1) is 8.36. The van der Waals surface area contributed by atoms with Crippen LogP contribution < -0.4 is 0 Å². The lowest BCUT2D eigenvalue weighted by molar-refractivity contribution is 0.463. The zero-order valence-electron chi connectivity index (χ0n) is 9.90. The number of rotatable bonds is 1. The van der Waals surface area contributed by atoms with Crippen LogP contribution in [0.25, 0.3) is 10.8 Å². The van der Waals surface area contributed by atoms with Crippen molar-refractivity contribution in [3.05, 3.63) is 48.0 Å². The molecule has 2 unspecified atom stereocenters. The summed E-state index contributed by atoms with van der Waals surface area (Å²) in [5.74, 6) is 0.690. The molecule has 0 aliphatic heterocycles. The number of hydrogen-bond acceptors (Lipinski definition) is 0. The quantitative estimate of drug-likeness (QED) is 0.628. The second-order valence-electron chi connectivity index (χ2n) is 4.98. The monoisotopic (exact) mass is 288 g/mol. The fourth-order valence-electron chi connectivity index (χ4n) is 3.01. The van der Waals surface area contributed by atoms with Crippen molar-refractivity contribution in [1.82, 2.24) is 0 Å². The highest BCUT2D eigenvalue weighted by Crippen LogP contribution is 2.39. The standard InChI is InChI=1S/C16H17Br/c17-16-11-4-3-9-15(16)14-10-5-7-12-6-1-2-8-13(12)14/h1-2,5-8,10,15-16H,3-4,9,11H2. The molecule has 1 aliphatic rings. The van der Waals surface area contributed by atoms with Crippen LogP contribution in [-0.2, 0) is 0 Å². The molecule has 2 aromatic rings. The predicted molar refractivity (Wildman–Crippen MR) is 77.9 cm³/mol. The summed E-state index contributed by atoms with van der Waals surface area (Å²) in [5, 5.41) is 2.81. The summed E-state index contributed by atoms with van der Waals surface area (Å²) in [6.07, 6.45) is 5.38. The van der Waals surface area contributed by atoms with Crippen LogP contribution in [0, 0.1) is 0 Å². The molecule has 1 aliphatic carbocycles. The summed E-state index contributed by atoms with van der Waals surface area (Å²) in [7, 11) is 0. The van der Waals surface area contributed by atoms with Gasteiger partial charge in [0.25, 0.3) is 0 Å². The van der Waals surface area contributed by atoms with Crippen molar-refractivity contribution in [3.63, 3.8) is 0 Å². The molecule has 0 amide bonds. The molecule has 1 heteroatoms. The van der Waals surface area contributed by atoms with Gasteiger partial charge in [-0.1, -0.05) is 71.2 Å². The first-order valence-electron chi connectivity index (χ1n) is 6.48. The molecule has 0 heterocycles. The Bertz CT molecular complexity index is 512. The Hall–Kier alpha value is -0.820. The summed E-state index contributed by atoms with van der Waals surface area (Å²) < 4.78 is 0. The smallest absolute Gasteiger partial charge is 0.0214 e. The highest BCUT2D eigenvalue weighted by molar-refractivity contribution is 9.09. The maximum absolute atomic E-state index is 3.88. The van der Waals surface area contributed by atoms with Gasteiger partial charge >= 0.3 is 0 Å². The Morgan fingerprint density at radius 2 is 1.65 bits per heavy atom. The van der Waals surface area contributed by atoms with Gasteiger partial charge in [-0.15, -0.1) is 0 Å². The average molecular weight is 289 g/mol. The third kappa shape index (κ3) is 2.13. The highest BCUT2D eigenvalue weighted by Gasteiger charge is 2.25. The Morgan fingerprint density at radius 3 is 2.53 bits per heavy atom. The van der Waals surface area contributed by atoms with Crippen molar-refractivity contribution >= 4 is 26.7 Å². The van der Waals surface area contributed by atoms with Crippen LogP contribution in [0.1, 0.15) is 37.2 Å². The lowest BCUT2D eigenvalue weighted by atomic mass is 9.82. The number of halogens is 1. The van der Waals surface area contributed by atoms with Gasteiger partial charge in [-0.2, -0.15) is 0 Å². The van der Waals surface area contributed by atoms with Crippen LogP contribution in [0.3, 0.4) is 0 Å². The lowest BCUT2D eigenvalue weighted by Crippen LogP contribution is -2.17. The summed E-state index contributed by atoms with van der Waals surface area (Å²) >= 11 is 3.88. The number of benzene rings is 2. The highest BCUT2D eigenvalue weighted by atomic mass is 79.9. The Labute approximate surface area is 111 Å². The van der Waals surface area contributed by atoms with E-state index in [2.05, 4.69) is 58.4 Å². The number of hydrogen-bond donors (Lipinski definition) is 0. The van der Waals surface area contributed by atoms with Crippen molar-refractivity contribution in [2.45, 2.75) is 36.4 Å². The van der Waals surface area contributed by atoms with Gasteiger partial charge in [0.1, 0.15) is 0 Å². The first-order valence-corrected chi connectivity index (χ1v) is 7.39. The molecule has 0 N–H and O–H groups in total. The zero-order valence-corrected chi connectivity index (χ0v) is 11.5. The topological polar surface area (TPSA) is 0 Å². The van der Waals surface area contributed by atoms with E-state index in [1.807, 2.05) is 0 Å². The molecule has 0 radical (unpaired) electrons. The Balaban J connectivity index is 2.10. The average Bonchev–Trinajstić information content (AvgIpc) is 2.39. The summed E-state index contributed by atoms with van der Waals surface area (Å²) in [4.78, 5) is 0.655. The molecular formula is C16H17Br. The maximum atomic E-state index is 3.88. The molecule has 0 saturated heterocycles. The molecule has 88 valence electrons. The van der Waals surface area contributed by atoms with Crippen molar-refractivity contribution in [3.8, 4) is 0 Å². The van der Waals surface area contributed by atoms with Gasteiger partial charge in [-0.3, -0.25) is 0 Å². The van der Waals surface area contributed by atoms with E-state index in [0.717, 1.165) is 0 Å². The fraction of sp³-hybridized carbons (Fsp3) is 0.375. The maximum Gasteiger partial charge on any atom is 0.0214 e. The minimum absolute atomic E-state index is 0.655. The summed E-state index contributed by atoms with van der Waals surface area (Å²) in [6.45, 7) is 0. The third-order valence-electron chi connectivity index (χ3n) is 3.90. The van der Waals surface area contributed by atoms with E-state index >= 15 is 0 Å². The van der Waals surface area contributed by atoms with Crippen LogP contribution in [0.4, 0.5) is 0 Å². The molecule has 2 atom stereocenters. The van der Waals surface area contributed by atoms with E-state index in [9.17, 15) is 0 Å². The van der Waals surface area contributed by atoms with Gasteiger partial charge in [-0.05, 0) is 35.1 Å². The molecule has 0 bridgehead atoms. The minimum atomic E-state index is 0.655. The van der Waals surface area contributed by atoms with Crippen molar-refractivity contribution < 1.29 is 0 Å². The SMILES string of the molecule is BrC1CCCCC1c1cccc2ccccc12. The molecule has 0 nitrogen and oxygen atoms in total. The second kappa shape index (κ2) is 4.81. The molecule has 17 heavy (non-hydrogen) atoms. The van der Waals surface area contributed by atoms with Crippen molar-refractivity contribution in [2.24, 2.45) is 0 Å². The van der Waals surface area contributed by atoms with Crippen LogP contribution in [0.15, 0.2) is 42.5 Å². The van der Waals surface area contributed by atoms with E-state index < -0.39 is 0 Å². The Morgan fingerprint density at radius 1 is 0.882 bits per heavy atom. The fourth-order valence-corrected chi connectivity index (χ4v) is 3.88. The molecule has 1 saturated carbocycles. The van der Waals surface area contributed by atoms with E-state index in [4.69, 9.17) is 0 Å². The molecule has 0 spiro atoms. The van der Waals surface area contributed by atoms with E-state index in [-0.39, 0.29) is 0 Å². The molecule has 0 aromatic heterocycles. The predicted octanol–water partition coefficient (Wildman–Crippen LogP) is 5.26. The van der Waals surface area contributed by atoms with Gasteiger partial charge in [0.05, 0.1) is 0 Å². The van der Waals surface area contributed by atoms with Crippen LogP contribution in [0.2, 0.25) is 0 Å². The van der Waals surface area contributed by atoms with Gasteiger partial charge in [0, 0.05) is 4.83 Å². The van der Waals surface area contributed by atoms with Crippen molar-refractivity contribution in [2.75, 3.05) is 0 Å². The summed E-state index contributed by atoms with van der Waals surface area (Å²) in [6, 6.07) is 15.5. The van der Waals surface area contributed by atoms with Crippen LogP contribution in [0.5, 0.6) is 0 Å². The number of alkyl halides is 1. The van der Waals surface area contributed by atoms with E-state index in [0.29, 0.717) is 10.7 Å². The number of fused-ring (bicyclic) bond motifs is 1. The molecular weight excluding hydrogens is 272 g/mol. The van der Waals surface area contributed by atoms with E-state index in [1.54, 1.807) is 0 Å². The first kappa shape index (κ1) is 11.3. The largest absolute Gasteiger partial charge is 0.0884 e. The minimum Gasteiger partial charge on any atom is -0.0884 e. The van der Waals surface area contributed by atoms with Crippen molar-refractivity contribution in [1.29, 1.82) is 0 Å². The van der Waals surface area contributed by atoms with Gasteiger partial charge in [-0.25, -0.2) is 0 Å². The zero-order chi connectivity index (χ0) is 11.7. The van der Waals surface area contributed by atoms with Gasteiger partial charge < -0.3 is 0 Å².